The molecule has 1 aliphatic rings. The maximum Gasteiger partial charge on any atom is 0.254 e. The van der Waals surface area contributed by atoms with E-state index in [1.165, 1.54) is 0 Å². The van der Waals surface area contributed by atoms with Gasteiger partial charge in [-0.15, -0.1) is 0 Å². The Balaban J connectivity index is 1.37. The first-order valence-corrected chi connectivity index (χ1v) is 10.6. The largest absolute Gasteiger partial charge is 0.379 e. The van der Waals surface area contributed by atoms with Gasteiger partial charge in [-0.05, 0) is 35.7 Å². The summed E-state index contributed by atoms with van der Waals surface area (Å²) < 4.78 is 7.63. The predicted molar refractivity (Wildman–Crippen MR) is 119 cm³/mol. The molecule has 0 radical (unpaired) electrons. The van der Waals surface area contributed by atoms with Crippen LogP contribution in [0, 0.1) is 5.92 Å². The van der Waals surface area contributed by atoms with Crippen molar-refractivity contribution in [1.82, 2.24) is 19.5 Å². The van der Waals surface area contributed by atoms with Gasteiger partial charge in [-0.3, -0.25) is 4.79 Å². The van der Waals surface area contributed by atoms with Gasteiger partial charge in [0, 0.05) is 37.0 Å². The van der Waals surface area contributed by atoms with Gasteiger partial charge in [0.2, 0.25) is 0 Å². The number of amides is 1. The molecule has 2 aromatic heterocycles. The molecule has 0 bridgehead atoms. The van der Waals surface area contributed by atoms with Crippen molar-refractivity contribution in [2.75, 3.05) is 26.3 Å². The Hall–Kier alpha value is -3.51. The van der Waals surface area contributed by atoms with Crippen LogP contribution in [0.3, 0.4) is 0 Å². The van der Waals surface area contributed by atoms with Gasteiger partial charge in [-0.25, -0.2) is 9.50 Å². The first kappa shape index (κ1) is 19.5. The Morgan fingerprint density at radius 3 is 2.77 bits per heavy atom. The summed E-state index contributed by atoms with van der Waals surface area (Å²) in [6.45, 7) is 2.40. The summed E-state index contributed by atoms with van der Waals surface area (Å²) in [5.74, 6) is 0.233. The molecule has 1 amide bonds. The zero-order valence-corrected chi connectivity index (χ0v) is 17.2. The van der Waals surface area contributed by atoms with Crippen LogP contribution < -0.4 is 0 Å². The van der Waals surface area contributed by atoms with Crippen molar-refractivity contribution in [3.05, 3.63) is 90.4 Å². The molecule has 1 fully saturated rings. The highest BCUT2D eigenvalue weighted by atomic mass is 16.5. The van der Waals surface area contributed by atoms with E-state index in [1.54, 1.807) is 10.7 Å². The van der Waals surface area contributed by atoms with E-state index < -0.39 is 0 Å². The van der Waals surface area contributed by atoms with Crippen LogP contribution in [0.25, 0.3) is 16.8 Å². The first-order valence-electron chi connectivity index (χ1n) is 10.6. The van der Waals surface area contributed by atoms with Crippen molar-refractivity contribution >= 4 is 11.6 Å². The predicted octanol–water partition coefficient (Wildman–Crippen LogP) is 3.73. The van der Waals surface area contributed by atoms with Crippen LogP contribution in [0.2, 0.25) is 0 Å². The summed E-state index contributed by atoms with van der Waals surface area (Å²) in [4.78, 5) is 19.7. The van der Waals surface area contributed by atoms with Gasteiger partial charge in [-0.1, -0.05) is 48.5 Å². The maximum atomic E-state index is 13.5. The molecule has 0 spiro atoms. The quantitative estimate of drug-likeness (QED) is 0.513. The number of ether oxygens (including phenoxy) is 1. The van der Waals surface area contributed by atoms with Crippen molar-refractivity contribution in [3.63, 3.8) is 0 Å². The number of carbonyl (C=O) groups excluding carboxylic acids is 1. The molecule has 6 heteroatoms. The zero-order chi connectivity index (χ0) is 21.0. The molecular weight excluding hydrogens is 388 g/mol. The molecule has 1 atom stereocenters. The second-order valence-corrected chi connectivity index (χ2v) is 7.86. The second-order valence-electron chi connectivity index (χ2n) is 7.86. The van der Waals surface area contributed by atoms with Crippen molar-refractivity contribution < 1.29 is 9.53 Å². The Kier molecular flexibility index (Phi) is 5.46. The summed E-state index contributed by atoms with van der Waals surface area (Å²) >= 11 is 0. The maximum absolute atomic E-state index is 13.5. The molecule has 5 rings (SSSR count). The fraction of sp³-hybridized carbons (Fsp3) is 0.240. The highest BCUT2D eigenvalue weighted by Crippen LogP contribution is 2.25. The lowest BCUT2D eigenvalue weighted by atomic mass is 9.98. The van der Waals surface area contributed by atoms with Gasteiger partial charge in [-0.2, -0.15) is 5.10 Å². The van der Waals surface area contributed by atoms with Gasteiger partial charge >= 0.3 is 0 Å². The Morgan fingerprint density at radius 2 is 1.87 bits per heavy atom. The van der Waals surface area contributed by atoms with Crippen LogP contribution in [0.4, 0.5) is 0 Å². The van der Waals surface area contributed by atoms with E-state index in [0.717, 1.165) is 34.5 Å². The van der Waals surface area contributed by atoms with Crippen LogP contribution in [0.1, 0.15) is 16.1 Å². The van der Waals surface area contributed by atoms with E-state index in [2.05, 4.69) is 10.1 Å². The van der Waals surface area contributed by atoms with Gasteiger partial charge in [0.25, 0.3) is 5.91 Å². The average Bonchev–Trinajstić information content (AvgIpc) is 3.16. The number of fused-ring (bicyclic) bond motifs is 1. The minimum absolute atomic E-state index is 0.0490. The first-order chi connectivity index (χ1) is 15.3. The van der Waals surface area contributed by atoms with Crippen molar-refractivity contribution in [2.45, 2.75) is 6.42 Å². The third-order valence-electron chi connectivity index (χ3n) is 5.68. The number of imidazole rings is 1. The van der Waals surface area contributed by atoms with Crippen LogP contribution in [-0.4, -0.2) is 51.7 Å². The summed E-state index contributed by atoms with van der Waals surface area (Å²) in [6.07, 6.45) is 4.34. The molecule has 156 valence electrons. The Bertz CT molecular complexity index is 1190. The van der Waals surface area contributed by atoms with E-state index in [1.807, 2.05) is 77.8 Å². The van der Waals surface area contributed by atoms with E-state index in [-0.39, 0.29) is 11.8 Å². The van der Waals surface area contributed by atoms with Crippen LogP contribution in [0.15, 0.2) is 79.1 Å². The lowest BCUT2D eigenvalue weighted by molar-refractivity contribution is 0.0738. The van der Waals surface area contributed by atoms with E-state index >= 15 is 0 Å². The minimum atomic E-state index is 0.0490. The summed E-state index contributed by atoms with van der Waals surface area (Å²) in [5.41, 5.74) is 4.54. The topological polar surface area (TPSA) is 59.7 Å². The fourth-order valence-corrected chi connectivity index (χ4v) is 4.16. The molecule has 0 aliphatic carbocycles. The number of hydrogen-bond donors (Lipinski definition) is 0. The van der Waals surface area contributed by atoms with E-state index in [9.17, 15) is 4.79 Å². The van der Waals surface area contributed by atoms with E-state index in [4.69, 9.17) is 4.74 Å². The lowest BCUT2D eigenvalue weighted by Crippen LogP contribution is -2.36. The summed E-state index contributed by atoms with van der Waals surface area (Å²) in [5, 5.41) is 4.64. The smallest absolute Gasteiger partial charge is 0.254 e. The zero-order valence-electron chi connectivity index (χ0n) is 17.2. The minimum Gasteiger partial charge on any atom is -0.379 e. The highest BCUT2D eigenvalue weighted by molar-refractivity contribution is 6.00. The molecule has 0 unspecified atom stereocenters. The van der Waals surface area contributed by atoms with Gasteiger partial charge in [0.05, 0.1) is 18.9 Å². The monoisotopic (exact) mass is 412 g/mol. The second kappa shape index (κ2) is 8.70. The molecule has 1 saturated heterocycles. The van der Waals surface area contributed by atoms with Crippen LogP contribution in [-0.2, 0) is 11.2 Å². The molecule has 0 N–H and O–H groups in total. The molecule has 1 aliphatic heterocycles. The average molecular weight is 412 g/mol. The molecule has 0 saturated carbocycles. The lowest BCUT2D eigenvalue weighted by Gasteiger charge is -2.24. The highest BCUT2D eigenvalue weighted by Gasteiger charge is 2.25. The number of rotatable bonds is 4. The van der Waals surface area contributed by atoms with E-state index in [0.29, 0.717) is 26.3 Å². The third-order valence-corrected chi connectivity index (χ3v) is 5.68. The number of carbonyl (C=O) groups is 1. The molecule has 6 nitrogen and oxygen atoms in total. The summed E-state index contributed by atoms with van der Waals surface area (Å²) in [6, 6.07) is 21.9. The standard InChI is InChI=1S/C25H24N4O2/c30-25(23-9-5-4-8-22(23)20-6-2-1-3-7-20)28-14-15-31-18-19(17-28)16-21-10-11-24-26-12-13-29(24)27-21/h1-13,19H,14-18H2/t19-/m1/s1. The molecule has 2 aromatic carbocycles. The third kappa shape index (κ3) is 4.20. The molecule has 3 heterocycles. The van der Waals surface area contributed by atoms with Crippen molar-refractivity contribution in [3.8, 4) is 11.1 Å². The molecule has 31 heavy (non-hydrogen) atoms. The van der Waals surface area contributed by atoms with Gasteiger partial charge in [0.1, 0.15) is 0 Å². The number of benzene rings is 2. The van der Waals surface area contributed by atoms with Crippen molar-refractivity contribution in [2.24, 2.45) is 5.92 Å². The summed E-state index contributed by atoms with van der Waals surface area (Å²) in [7, 11) is 0. The van der Waals surface area contributed by atoms with Crippen molar-refractivity contribution in [1.29, 1.82) is 0 Å². The van der Waals surface area contributed by atoms with Crippen LogP contribution >= 0.6 is 0 Å². The molecular formula is C25H24N4O2. The van der Waals surface area contributed by atoms with Crippen LogP contribution in [0.5, 0.6) is 0 Å². The Morgan fingerprint density at radius 1 is 1.03 bits per heavy atom. The normalized spacial score (nSPS) is 16.9. The number of hydrogen-bond acceptors (Lipinski definition) is 4. The molecule has 4 aromatic rings. The number of nitrogens with zero attached hydrogens (tertiary/aromatic N) is 4. The fourth-order valence-electron chi connectivity index (χ4n) is 4.16. The SMILES string of the molecule is O=C(c1ccccc1-c1ccccc1)N1CCOC[C@H](Cc2ccc3nccn3n2)C1. The van der Waals surface area contributed by atoms with Gasteiger partial charge < -0.3 is 9.64 Å². The van der Waals surface area contributed by atoms with Gasteiger partial charge in [0.15, 0.2) is 5.65 Å². The Labute approximate surface area is 181 Å². The number of aromatic nitrogens is 3.